The molecule has 0 bridgehead atoms. The molecule has 0 spiro atoms. The maximum atomic E-state index is 11.4. The molecule has 0 aliphatic rings. The monoisotopic (exact) mass is 230 g/mol. The van der Waals surface area contributed by atoms with Crippen molar-refractivity contribution in [3.63, 3.8) is 0 Å². The summed E-state index contributed by atoms with van der Waals surface area (Å²) in [7, 11) is 3.07. The summed E-state index contributed by atoms with van der Waals surface area (Å²) in [5.41, 5.74) is 2.35. The summed E-state index contributed by atoms with van der Waals surface area (Å²) in [6, 6.07) is 1.48. The number of hydrogen-bond donors (Lipinski definition) is 1. The molecule has 1 aromatic rings. The molecule has 0 aliphatic heterocycles. The van der Waals surface area contributed by atoms with E-state index < -0.39 is 5.91 Å². The summed E-state index contributed by atoms with van der Waals surface area (Å²) in [5, 5.41) is 3.56. The van der Waals surface area contributed by atoms with E-state index in [1.54, 1.807) is 7.11 Å². The Morgan fingerprint density at radius 2 is 2.25 bits per heavy atom. The number of methoxy groups -OCH3 is 2. The number of rotatable bonds is 7. The summed E-state index contributed by atoms with van der Waals surface area (Å²) in [6.07, 6.45) is 0. The lowest BCUT2D eigenvalue weighted by Gasteiger charge is -2.02. The highest BCUT2D eigenvalue weighted by molar-refractivity contribution is 5.91. The van der Waals surface area contributed by atoms with Gasteiger partial charge in [-0.1, -0.05) is 5.16 Å². The van der Waals surface area contributed by atoms with E-state index in [9.17, 15) is 4.79 Å². The average molecular weight is 230 g/mol. The third kappa shape index (κ3) is 3.97. The minimum Gasteiger partial charge on any atom is -0.382 e. The van der Waals surface area contributed by atoms with Gasteiger partial charge in [0.05, 0.1) is 13.2 Å². The minimum absolute atomic E-state index is 0.143. The fourth-order valence-electron chi connectivity index (χ4n) is 0.924. The van der Waals surface area contributed by atoms with E-state index in [4.69, 9.17) is 18.8 Å². The van der Waals surface area contributed by atoms with Gasteiger partial charge in [0.25, 0.3) is 5.91 Å². The molecule has 7 heteroatoms. The van der Waals surface area contributed by atoms with Gasteiger partial charge in [0.15, 0.2) is 11.5 Å². The van der Waals surface area contributed by atoms with Crippen molar-refractivity contribution in [1.82, 2.24) is 10.6 Å². The quantitative estimate of drug-likeness (QED) is 0.529. The van der Waals surface area contributed by atoms with Crippen LogP contribution in [0.4, 0.5) is 0 Å². The Bertz CT molecular complexity index is 325. The van der Waals surface area contributed by atoms with Crippen LogP contribution >= 0.6 is 0 Å². The Hall–Kier alpha value is -1.44. The zero-order valence-electron chi connectivity index (χ0n) is 9.19. The molecule has 1 amide bonds. The number of nitrogens with zero attached hydrogens (tertiary/aromatic N) is 1. The topological polar surface area (TPSA) is 82.8 Å². The van der Waals surface area contributed by atoms with Crippen molar-refractivity contribution >= 4 is 5.91 Å². The Labute approximate surface area is 92.6 Å². The van der Waals surface area contributed by atoms with Crippen LogP contribution in [0.5, 0.6) is 0 Å². The van der Waals surface area contributed by atoms with Gasteiger partial charge in [0, 0.05) is 20.3 Å². The average Bonchev–Trinajstić information content (AvgIpc) is 2.73. The smallest absolute Gasteiger partial charge is 0.297 e. The van der Waals surface area contributed by atoms with E-state index in [1.165, 1.54) is 13.2 Å². The largest absolute Gasteiger partial charge is 0.382 e. The predicted molar refractivity (Wildman–Crippen MR) is 52.5 cm³/mol. The van der Waals surface area contributed by atoms with E-state index in [2.05, 4.69) is 10.6 Å². The van der Waals surface area contributed by atoms with Crippen LogP contribution in [-0.4, -0.2) is 38.5 Å². The van der Waals surface area contributed by atoms with E-state index in [1.807, 2.05) is 0 Å². The van der Waals surface area contributed by atoms with E-state index >= 15 is 0 Å². The molecule has 0 fully saturated rings. The Balaban J connectivity index is 2.34. The summed E-state index contributed by atoms with van der Waals surface area (Å²) < 4.78 is 14.4. The van der Waals surface area contributed by atoms with Crippen molar-refractivity contribution in [2.24, 2.45) is 0 Å². The van der Waals surface area contributed by atoms with Crippen molar-refractivity contribution < 1.29 is 23.6 Å². The third-order valence-electron chi connectivity index (χ3n) is 1.63. The van der Waals surface area contributed by atoms with Crippen molar-refractivity contribution in [2.75, 3.05) is 27.4 Å². The van der Waals surface area contributed by atoms with Gasteiger partial charge in [-0.2, -0.15) is 0 Å². The van der Waals surface area contributed by atoms with Crippen LogP contribution in [0.25, 0.3) is 0 Å². The fraction of sp³-hybridized carbons (Fsp3) is 0.556. The molecule has 1 N–H and O–H groups in total. The van der Waals surface area contributed by atoms with Gasteiger partial charge in [0.2, 0.25) is 0 Å². The highest BCUT2D eigenvalue weighted by atomic mass is 16.7. The fourth-order valence-corrected chi connectivity index (χ4v) is 0.924. The molecular formula is C9H14N2O5. The summed E-state index contributed by atoms with van der Waals surface area (Å²) in [5.74, 6) is 0.00625. The van der Waals surface area contributed by atoms with Crippen LogP contribution in [0.1, 0.15) is 16.2 Å². The molecule has 0 atom stereocenters. The first-order chi connectivity index (χ1) is 7.77. The molecule has 0 unspecified atom stereocenters. The molecule has 0 aliphatic carbocycles. The first-order valence-corrected chi connectivity index (χ1v) is 4.63. The molecule has 0 aromatic carbocycles. The van der Waals surface area contributed by atoms with Crippen LogP contribution in [0.2, 0.25) is 0 Å². The lowest BCUT2D eigenvalue weighted by Crippen LogP contribution is -2.25. The van der Waals surface area contributed by atoms with Crippen molar-refractivity contribution in [3.8, 4) is 0 Å². The highest BCUT2D eigenvalue weighted by Crippen LogP contribution is 2.04. The molecule has 0 saturated heterocycles. The van der Waals surface area contributed by atoms with Gasteiger partial charge in [-0.25, -0.2) is 5.48 Å². The highest BCUT2D eigenvalue weighted by Gasteiger charge is 2.12. The number of carbonyl (C=O) groups excluding carboxylic acids is 1. The Kier molecular flexibility index (Phi) is 5.48. The standard InChI is InChI=1S/C9H14N2O5/c1-13-3-4-15-11-9(12)8-5-7(6-14-2)16-10-8/h5H,3-4,6H2,1-2H3,(H,11,12). The minimum atomic E-state index is -0.470. The van der Waals surface area contributed by atoms with Crippen molar-refractivity contribution in [2.45, 2.75) is 6.61 Å². The van der Waals surface area contributed by atoms with Gasteiger partial charge < -0.3 is 14.0 Å². The second kappa shape index (κ2) is 6.94. The Morgan fingerprint density at radius 3 is 2.94 bits per heavy atom. The van der Waals surface area contributed by atoms with Crippen LogP contribution < -0.4 is 5.48 Å². The number of amides is 1. The zero-order chi connectivity index (χ0) is 11.8. The maximum absolute atomic E-state index is 11.4. The summed E-state index contributed by atoms with van der Waals surface area (Å²) >= 11 is 0. The SMILES string of the molecule is COCCONC(=O)c1cc(COC)on1. The maximum Gasteiger partial charge on any atom is 0.297 e. The van der Waals surface area contributed by atoms with Gasteiger partial charge >= 0.3 is 0 Å². The van der Waals surface area contributed by atoms with Crippen LogP contribution in [0, 0.1) is 0 Å². The molecule has 90 valence electrons. The second-order valence-corrected chi connectivity index (χ2v) is 2.88. The third-order valence-corrected chi connectivity index (χ3v) is 1.63. The number of carbonyl (C=O) groups is 1. The number of ether oxygens (including phenoxy) is 2. The molecule has 7 nitrogen and oxygen atoms in total. The van der Waals surface area contributed by atoms with Crippen LogP contribution in [0.15, 0.2) is 10.6 Å². The lowest BCUT2D eigenvalue weighted by molar-refractivity contribution is 0.00837. The van der Waals surface area contributed by atoms with Crippen LogP contribution in [-0.2, 0) is 20.9 Å². The predicted octanol–water partition coefficient (Wildman–Crippen LogP) is 0.129. The zero-order valence-corrected chi connectivity index (χ0v) is 9.19. The molecule has 0 saturated carbocycles. The molecule has 1 rings (SSSR count). The normalized spacial score (nSPS) is 10.4. The Morgan fingerprint density at radius 1 is 1.44 bits per heavy atom. The van der Waals surface area contributed by atoms with E-state index in [-0.39, 0.29) is 18.9 Å². The van der Waals surface area contributed by atoms with Gasteiger partial charge in [-0.15, -0.1) is 0 Å². The number of nitrogens with one attached hydrogen (secondary N) is 1. The van der Waals surface area contributed by atoms with Crippen molar-refractivity contribution in [1.29, 1.82) is 0 Å². The number of hydrogen-bond acceptors (Lipinski definition) is 6. The summed E-state index contributed by atoms with van der Waals surface area (Å²) in [6.45, 7) is 0.934. The molecular weight excluding hydrogens is 216 g/mol. The molecule has 0 radical (unpaired) electrons. The lowest BCUT2D eigenvalue weighted by atomic mass is 10.3. The second-order valence-electron chi connectivity index (χ2n) is 2.88. The molecule has 1 heterocycles. The molecule has 1 aromatic heterocycles. The summed E-state index contributed by atoms with van der Waals surface area (Å²) in [4.78, 5) is 16.2. The van der Waals surface area contributed by atoms with E-state index in [0.717, 1.165) is 0 Å². The van der Waals surface area contributed by atoms with E-state index in [0.29, 0.717) is 12.4 Å². The number of aromatic nitrogens is 1. The first kappa shape index (κ1) is 12.6. The van der Waals surface area contributed by atoms with Crippen molar-refractivity contribution in [3.05, 3.63) is 17.5 Å². The number of hydroxylamine groups is 1. The van der Waals surface area contributed by atoms with Crippen LogP contribution in [0.3, 0.4) is 0 Å². The first-order valence-electron chi connectivity index (χ1n) is 4.63. The van der Waals surface area contributed by atoms with Gasteiger partial charge in [-0.05, 0) is 0 Å². The van der Waals surface area contributed by atoms with Gasteiger partial charge in [-0.3, -0.25) is 9.63 Å². The van der Waals surface area contributed by atoms with Gasteiger partial charge in [0.1, 0.15) is 6.61 Å². The molecule has 16 heavy (non-hydrogen) atoms.